The SMILES string of the molecule is CCCC[C@H](NC(=O)C(CCC)CCC)C(=O)O. The summed E-state index contributed by atoms with van der Waals surface area (Å²) in [7, 11) is 0. The highest BCUT2D eigenvalue weighted by molar-refractivity contribution is 5.84. The van der Waals surface area contributed by atoms with Gasteiger partial charge in [0.25, 0.3) is 0 Å². The van der Waals surface area contributed by atoms with Crippen LogP contribution in [-0.2, 0) is 9.59 Å². The van der Waals surface area contributed by atoms with E-state index >= 15 is 0 Å². The third kappa shape index (κ3) is 6.62. The number of carbonyl (C=O) groups excluding carboxylic acids is 1. The predicted octanol–water partition coefficient (Wildman–Crippen LogP) is 2.96. The van der Waals surface area contributed by atoms with Gasteiger partial charge in [0.2, 0.25) is 5.91 Å². The van der Waals surface area contributed by atoms with Crippen LogP contribution in [0.5, 0.6) is 0 Å². The quantitative estimate of drug-likeness (QED) is 0.632. The van der Waals surface area contributed by atoms with Crippen molar-refractivity contribution in [3.8, 4) is 0 Å². The summed E-state index contributed by atoms with van der Waals surface area (Å²) >= 11 is 0. The van der Waals surface area contributed by atoms with Gasteiger partial charge in [-0.3, -0.25) is 4.79 Å². The molecule has 0 spiro atoms. The topological polar surface area (TPSA) is 66.4 Å². The Morgan fingerprint density at radius 1 is 1.00 bits per heavy atom. The molecule has 0 aromatic heterocycles. The van der Waals surface area contributed by atoms with Crippen LogP contribution in [0.25, 0.3) is 0 Å². The molecule has 0 aliphatic carbocycles. The van der Waals surface area contributed by atoms with Crippen molar-refractivity contribution in [3.63, 3.8) is 0 Å². The van der Waals surface area contributed by atoms with Crippen molar-refractivity contribution < 1.29 is 14.7 Å². The first-order chi connectivity index (χ1) is 8.56. The van der Waals surface area contributed by atoms with Crippen LogP contribution in [0.4, 0.5) is 0 Å². The molecule has 18 heavy (non-hydrogen) atoms. The Labute approximate surface area is 110 Å². The number of rotatable bonds is 10. The summed E-state index contributed by atoms with van der Waals surface area (Å²) in [4.78, 5) is 23.1. The normalized spacial score (nSPS) is 12.4. The number of hydrogen-bond donors (Lipinski definition) is 2. The molecule has 0 aromatic carbocycles. The minimum Gasteiger partial charge on any atom is -0.480 e. The molecule has 0 bridgehead atoms. The van der Waals surface area contributed by atoms with Gasteiger partial charge in [0, 0.05) is 5.92 Å². The fourth-order valence-corrected chi connectivity index (χ4v) is 2.06. The number of carbonyl (C=O) groups is 2. The molecule has 2 N–H and O–H groups in total. The smallest absolute Gasteiger partial charge is 0.326 e. The van der Waals surface area contributed by atoms with Gasteiger partial charge in [-0.05, 0) is 19.3 Å². The highest BCUT2D eigenvalue weighted by atomic mass is 16.4. The molecule has 0 saturated carbocycles. The summed E-state index contributed by atoms with van der Waals surface area (Å²) in [5, 5.41) is 11.8. The molecule has 0 unspecified atom stereocenters. The molecule has 4 heteroatoms. The van der Waals surface area contributed by atoms with Crippen molar-refractivity contribution in [2.75, 3.05) is 0 Å². The Balaban J connectivity index is 4.39. The Kier molecular flexibility index (Phi) is 9.33. The van der Waals surface area contributed by atoms with E-state index in [1.807, 2.05) is 20.8 Å². The summed E-state index contributed by atoms with van der Waals surface area (Å²) in [6.45, 7) is 6.10. The maximum atomic E-state index is 12.0. The molecular formula is C14H27NO3. The van der Waals surface area contributed by atoms with Gasteiger partial charge in [-0.2, -0.15) is 0 Å². The number of nitrogens with one attached hydrogen (secondary N) is 1. The van der Waals surface area contributed by atoms with Crippen molar-refractivity contribution in [2.24, 2.45) is 5.92 Å². The number of aliphatic carboxylic acids is 1. The number of amides is 1. The van der Waals surface area contributed by atoms with Gasteiger partial charge in [-0.15, -0.1) is 0 Å². The average molecular weight is 257 g/mol. The minimum atomic E-state index is -0.927. The lowest BCUT2D eigenvalue weighted by Gasteiger charge is -2.19. The third-order valence-electron chi connectivity index (χ3n) is 3.11. The Morgan fingerprint density at radius 3 is 1.94 bits per heavy atom. The number of carboxylic acids is 1. The summed E-state index contributed by atoms with van der Waals surface area (Å²) in [5.74, 6) is -1.06. The van der Waals surface area contributed by atoms with Crippen molar-refractivity contribution in [1.82, 2.24) is 5.32 Å². The Bertz CT molecular complexity index is 247. The highest BCUT2D eigenvalue weighted by Crippen LogP contribution is 2.14. The lowest BCUT2D eigenvalue weighted by atomic mass is 9.96. The average Bonchev–Trinajstić information content (AvgIpc) is 2.33. The lowest BCUT2D eigenvalue weighted by molar-refractivity contribution is -0.142. The largest absolute Gasteiger partial charge is 0.480 e. The van der Waals surface area contributed by atoms with E-state index in [0.29, 0.717) is 6.42 Å². The van der Waals surface area contributed by atoms with E-state index in [4.69, 9.17) is 5.11 Å². The molecule has 0 fully saturated rings. The number of carboxylic acid groups (broad SMARTS) is 1. The summed E-state index contributed by atoms with van der Waals surface area (Å²) in [6.07, 6.45) is 5.84. The molecule has 106 valence electrons. The Hall–Kier alpha value is -1.06. The highest BCUT2D eigenvalue weighted by Gasteiger charge is 2.23. The van der Waals surface area contributed by atoms with Gasteiger partial charge in [-0.1, -0.05) is 46.5 Å². The van der Waals surface area contributed by atoms with Crippen LogP contribution in [0.1, 0.15) is 65.7 Å². The van der Waals surface area contributed by atoms with Gasteiger partial charge in [0.1, 0.15) is 6.04 Å². The third-order valence-corrected chi connectivity index (χ3v) is 3.11. The molecule has 0 saturated heterocycles. The molecule has 1 atom stereocenters. The van der Waals surface area contributed by atoms with E-state index in [9.17, 15) is 9.59 Å². The van der Waals surface area contributed by atoms with Crippen LogP contribution >= 0.6 is 0 Å². The molecule has 0 radical (unpaired) electrons. The molecular weight excluding hydrogens is 230 g/mol. The van der Waals surface area contributed by atoms with Gasteiger partial charge in [0.05, 0.1) is 0 Å². The fourth-order valence-electron chi connectivity index (χ4n) is 2.06. The van der Waals surface area contributed by atoms with Gasteiger partial charge >= 0.3 is 5.97 Å². The molecule has 0 aromatic rings. The zero-order valence-corrected chi connectivity index (χ0v) is 11.9. The maximum absolute atomic E-state index is 12.0. The van der Waals surface area contributed by atoms with Gasteiger partial charge in [-0.25, -0.2) is 4.79 Å². The predicted molar refractivity (Wildman–Crippen MR) is 72.4 cm³/mol. The minimum absolute atomic E-state index is 0.0384. The second kappa shape index (κ2) is 9.92. The standard InChI is InChI=1S/C14H27NO3/c1-4-7-10-12(14(17)18)15-13(16)11(8-5-2)9-6-3/h11-12H,4-10H2,1-3H3,(H,15,16)(H,17,18)/t12-/m0/s1. The van der Waals surface area contributed by atoms with E-state index in [-0.39, 0.29) is 11.8 Å². The van der Waals surface area contributed by atoms with E-state index in [0.717, 1.165) is 38.5 Å². The number of unbranched alkanes of at least 4 members (excludes halogenated alkanes) is 1. The second-order valence-electron chi connectivity index (χ2n) is 4.82. The zero-order valence-electron chi connectivity index (χ0n) is 11.9. The van der Waals surface area contributed by atoms with Crippen LogP contribution in [0.3, 0.4) is 0 Å². The van der Waals surface area contributed by atoms with Gasteiger partial charge in [0.15, 0.2) is 0 Å². The molecule has 0 aliphatic heterocycles. The van der Waals surface area contributed by atoms with Gasteiger partial charge < -0.3 is 10.4 Å². The van der Waals surface area contributed by atoms with E-state index in [2.05, 4.69) is 5.32 Å². The maximum Gasteiger partial charge on any atom is 0.326 e. The first-order valence-corrected chi connectivity index (χ1v) is 7.09. The van der Waals surface area contributed by atoms with Crippen LogP contribution in [-0.4, -0.2) is 23.0 Å². The molecule has 0 rings (SSSR count). The second-order valence-corrected chi connectivity index (χ2v) is 4.82. The van der Waals surface area contributed by atoms with Crippen LogP contribution in [0.15, 0.2) is 0 Å². The van der Waals surface area contributed by atoms with Crippen LogP contribution in [0.2, 0.25) is 0 Å². The van der Waals surface area contributed by atoms with Crippen LogP contribution in [0, 0.1) is 5.92 Å². The monoisotopic (exact) mass is 257 g/mol. The molecule has 1 amide bonds. The number of hydrogen-bond acceptors (Lipinski definition) is 2. The van der Waals surface area contributed by atoms with Crippen molar-refractivity contribution in [2.45, 2.75) is 71.8 Å². The van der Waals surface area contributed by atoms with E-state index in [1.165, 1.54) is 0 Å². The van der Waals surface area contributed by atoms with Crippen LogP contribution < -0.4 is 5.32 Å². The van der Waals surface area contributed by atoms with Crippen molar-refractivity contribution in [3.05, 3.63) is 0 Å². The first-order valence-electron chi connectivity index (χ1n) is 7.09. The summed E-state index contributed by atoms with van der Waals surface area (Å²) in [5.41, 5.74) is 0. The summed E-state index contributed by atoms with van der Waals surface area (Å²) in [6, 6.07) is -0.728. The van der Waals surface area contributed by atoms with Crippen molar-refractivity contribution in [1.29, 1.82) is 0 Å². The zero-order chi connectivity index (χ0) is 14.0. The molecule has 4 nitrogen and oxygen atoms in total. The first kappa shape index (κ1) is 16.9. The summed E-state index contributed by atoms with van der Waals surface area (Å²) < 4.78 is 0. The van der Waals surface area contributed by atoms with Crippen molar-refractivity contribution >= 4 is 11.9 Å². The Morgan fingerprint density at radius 2 is 1.56 bits per heavy atom. The van der Waals surface area contributed by atoms with E-state index in [1.54, 1.807) is 0 Å². The van der Waals surface area contributed by atoms with E-state index < -0.39 is 12.0 Å². The fraction of sp³-hybridized carbons (Fsp3) is 0.857. The lowest BCUT2D eigenvalue weighted by Crippen LogP contribution is -2.43. The molecule has 0 aliphatic rings. The molecule has 0 heterocycles.